The number of amides is 2. The first-order valence-electron chi connectivity index (χ1n) is 12.5. The number of aromatic nitrogens is 1. The van der Waals surface area contributed by atoms with Crippen LogP contribution in [0.2, 0.25) is 0 Å². The number of nitrogens with one attached hydrogen (secondary N) is 3. The van der Waals surface area contributed by atoms with Crippen LogP contribution in [-0.4, -0.2) is 38.3 Å². The van der Waals surface area contributed by atoms with E-state index in [0.29, 0.717) is 24.4 Å². The summed E-state index contributed by atoms with van der Waals surface area (Å²) in [4.78, 5) is 16.6. The number of carbonyl (C=O) groups is 1. The summed E-state index contributed by atoms with van der Waals surface area (Å²) in [5, 5.41) is 12.2. The van der Waals surface area contributed by atoms with Gasteiger partial charge in [0.05, 0.1) is 14.2 Å². The van der Waals surface area contributed by atoms with Crippen LogP contribution < -0.4 is 25.4 Å². The zero-order valence-electron chi connectivity index (χ0n) is 21.2. The van der Waals surface area contributed by atoms with E-state index in [2.05, 4.69) is 75.5 Å². The third-order valence-electron chi connectivity index (χ3n) is 7.08. The predicted octanol–water partition coefficient (Wildman–Crippen LogP) is 5.05. The Labute approximate surface area is 217 Å². The Morgan fingerprint density at radius 3 is 2.51 bits per heavy atom. The monoisotopic (exact) mass is 496 g/mol. The number of hydrogen-bond donors (Lipinski definition) is 3. The van der Waals surface area contributed by atoms with Crippen molar-refractivity contribution < 1.29 is 14.3 Å². The molecule has 1 unspecified atom stereocenters. The van der Waals surface area contributed by atoms with Crippen molar-refractivity contribution in [3.63, 3.8) is 0 Å². The number of anilines is 1. The zero-order valence-corrected chi connectivity index (χ0v) is 21.2. The third-order valence-corrected chi connectivity index (χ3v) is 7.08. The molecule has 0 saturated heterocycles. The van der Waals surface area contributed by atoms with Crippen molar-refractivity contribution in [1.82, 2.24) is 15.6 Å². The fraction of sp³-hybridized carbons (Fsp3) is 0.267. The molecule has 0 bridgehead atoms. The molecule has 4 aromatic rings. The maximum absolute atomic E-state index is 12.6. The molecular weight excluding hydrogens is 464 g/mol. The molecule has 1 aliphatic heterocycles. The Balaban J connectivity index is 1.45. The number of carbonyl (C=O) groups excluding carboxylic acids is 1. The molecule has 0 aliphatic carbocycles. The van der Waals surface area contributed by atoms with Gasteiger partial charge >= 0.3 is 6.03 Å². The Kier molecular flexibility index (Phi) is 7.23. The third kappa shape index (κ3) is 5.37. The minimum Gasteiger partial charge on any atom is -0.493 e. The summed E-state index contributed by atoms with van der Waals surface area (Å²) < 4.78 is 11.3. The molecular formula is C30H32N4O3. The van der Waals surface area contributed by atoms with Crippen molar-refractivity contribution in [2.24, 2.45) is 0 Å². The standard InChI is InChI=1S/C30H32N4O3/c1-36-27-18-24-9-15-33-30(26(24)19-28(27)37-2,12-16-32-29(35)34-25-10-13-31-14-11-25)20-21-7-8-22-5-3-4-6-23(22)17-21/h3-8,10-11,13-14,17-19,33H,9,12,15-16,20H2,1-2H3,(H2,31,32,34,35). The van der Waals surface area contributed by atoms with E-state index in [4.69, 9.17) is 9.47 Å². The smallest absolute Gasteiger partial charge is 0.319 e. The highest BCUT2D eigenvalue weighted by molar-refractivity contribution is 5.89. The molecule has 1 aliphatic rings. The number of hydrogen-bond acceptors (Lipinski definition) is 5. The Bertz CT molecular complexity index is 1390. The first kappa shape index (κ1) is 24.6. The summed E-state index contributed by atoms with van der Waals surface area (Å²) in [5.74, 6) is 1.44. The van der Waals surface area contributed by atoms with Gasteiger partial charge in [-0.05, 0) is 71.0 Å². The van der Waals surface area contributed by atoms with E-state index in [1.807, 2.05) is 0 Å². The van der Waals surface area contributed by atoms with Crippen molar-refractivity contribution in [3.05, 3.63) is 95.8 Å². The second kappa shape index (κ2) is 10.9. The molecule has 190 valence electrons. The molecule has 0 spiro atoms. The highest BCUT2D eigenvalue weighted by Crippen LogP contribution is 2.41. The van der Waals surface area contributed by atoms with Gasteiger partial charge < -0.3 is 25.4 Å². The summed E-state index contributed by atoms with van der Waals surface area (Å²) >= 11 is 0. The molecule has 3 aromatic carbocycles. The van der Waals surface area contributed by atoms with Crippen molar-refractivity contribution in [3.8, 4) is 11.5 Å². The van der Waals surface area contributed by atoms with E-state index in [-0.39, 0.29) is 11.6 Å². The van der Waals surface area contributed by atoms with Gasteiger partial charge in [-0.15, -0.1) is 0 Å². The molecule has 1 atom stereocenters. The largest absolute Gasteiger partial charge is 0.493 e. The lowest BCUT2D eigenvalue weighted by atomic mass is 9.75. The second-order valence-electron chi connectivity index (χ2n) is 9.35. The van der Waals surface area contributed by atoms with Crippen LogP contribution in [0.5, 0.6) is 11.5 Å². The Morgan fingerprint density at radius 1 is 0.973 bits per heavy atom. The van der Waals surface area contributed by atoms with Gasteiger partial charge in [0.15, 0.2) is 11.5 Å². The van der Waals surface area contributed by atoms with Crippen LogP contribution in [0.15, 0.2) is 79.1 Å². The van der Waals surface area contributed by atoms with Crippen molar-refractivity contribution in [2.75, 3.05) is 32.6 Å². The van der Waals surface area contributed by atoms with Gasteiger partial charge in [-0.3, -0.25) is 4.98 Å². The molecule has 0 fully saturated rings. The minimum atomic E-state index is -0.389. The number of urea groups is 1. The molecule has 0 saturated carbocycles. The van der Waals surface area contributed by atoms with Gasteiger partial charge in [0.2, 0.25) is 0 Å². The van der Waals surface area contributed by atoms with E-state index in [9.17, 15) is 4.79 Å². The number of methoxy groups -OCH3 is 2. The van der Waals surface area contributed by atoms with Crippen LogP contribution in [0.4, 0.5) is 10.5 Å². The number of rotatable bonds is 8. The zero-order chi connectivity index (χ0) is 25.7. The lowest BCUT2D eigenvalue weighted by Gasteiger charge is -2.41. The molecule has 2 heterocycles. The maximum atomic E-state index is 12.6. The van der Waals surface area contributed by atoms with Crippen LogP contribution in [-0.2, 0) is 18.4 Å². The van der Waals surface area contributed by atoms with E-state index in [1.165, 1.54) is 27.5 Å². The van der Waals surface area contributed by atoms with Gasteiger partial charge in [0.25, 0.3) is 0 Å². The molecule has 2 amide bonds. The van der Waals surface area contributed by atoms with Gasteiger partial charge in [0, 0.05) is 36.7 Å². The fourth-order valence-electron chi connectivity index (χ4n) is 5.27. The van der Waals surface area contributed by atoms with Crippen LogP contribution in [0.25, 0.3) is 10.8 Å². The molecule has 3 N–H and O–H groups in total. The minimum absolute atomic E-state index is 0.240. The summed E-state index contributed by atoms with van der Waals surface area (Å²) in [6.07, 6.45) is 5.67. The van der Waals surface area contributed by atoms with Gasteiger partial charge in [-0.25, -0.2) is 4.79 Å². The molecule has 7 heteroatoms. The van der Waals surface area contributed by atoms with E-state index in [1.54, 1.807) is 38.7 Å². The van der Waals surface area contributed by atoms with E-state index >= 15 is 0 Å². The van der Waals surface area contributed by atoms with Crippen molar-refractivity contribution >= 4 is 22.5 Å². The quantitative estimate of drug-likeness (QED) is 0.318. The summed E-state index contributed by atoms with van der Waals surface area (Å²) in [6, 6.07) is 22.5. The van der Waals surface area contributed by atoms with E-state index < -0.39 is 0 Å². The first-order valence-corrected chi connectivity index (χ1v) is 12.5. The van der Waals surface area contributed by atoms with Crippen molar-refractivity contribution in [1.29, 1.82) is 0 Å². The van der Waals surface area contributed by atoms with Gasteiger partial charge in [-0.1, -0.05) is 42.5 Å². The number of ether oxygens (including phenoxy) is 2. The highest BCUT2D eigenvalue weighted by atomic mass is 16.5. The molecule has 7 nitrogen and oxygen atoms in total. The number of fused-ring (bicyclic) bond motifs is 2. The average Bonchev–Trinajstić information content (AvgIpc) is 2.93. The maximum Gasteiger partial charge on any atom is 0.319 e. The molecule has 37 heavy (non-hydrogen) atoms. The van der Waals surface area contributed by atoms with Crippen LogP contribution in [0.3, 0.4) is 0 Å². The lowest BCUT2D eigenvalue weighted by Crippen LogP contribution is -2.51. The molecule has 0 radical (unpaired) electrons. The Hall–Kier alpha value is -4.10. The first-order chi connectivity index (χ1) is 18.1. The average molecular weight is 497 g/mol. The van der Waals surface area contributed by atoms with Crippen molar-refractivity contribution in [2.45, 2.75) is 24.8 Å². The fourth-order valence-corrected chi connectivity index (χ4v) is 5.27. The summed E-state index contributed by atoms with van der Waals surface area (Å²) in [5.41, 5.74) is 3.96. The van der Waals surface area contributed by atoms with Crippen LogP contribution >= 0.6 is 0 Å². The van der Waals surface area contributed by atoms with Gasteiger partial charge in [-0.2, -0.15) is 0 Å². The number of nitrogens with zero attached hydrogens (tertiary/aromatic N) is 1. The number of pyridine rings is 1. The van der Waals surface area contributed by atoms with Crippen LogP contribution in [0.1, 0.15) is 23.1 Å². The second-order valence-corrected chi connectivity index (χ2v) is 9.35. The topological polar surface area (TPSA) is 84.5 Å². The summed E-state index contributed by atoms with van der Waals surface area (Å²) in [6.45, 7) is 1.32. The Morgan fingerprint density at radius 2 is 1.73 bits per heavy atom. The van der Waals surface area contributed by atoms with Gasteiger partial charge in [0.1, 0.15) is 0 Å². The van der Waals surface area contributed by atoms with Crippen LogP contribution in [0, 0.1) is 0 Å². The summed E-state index contributed by atoms with van der Waals surface area (Å²) in [7, 11) is 3.33. The SMILES string of the molecule is COc1cc2c(cc1OC)C(CCNC(=O)Nc1ccncc1)(Cc1ccc3ccccc3c1)NCC2. The lowest BCUT2D eigenvalue weighted by molar-refractivity contribution is 0.246. The normalized spacial score (nSPS) is 16.6. The highest BCUT2D eigenvalue weighted by Gasteiger charge is 2.37. The van der Waals surface area contributed by atoms with E-state index in [0.717, 1.165) is 25.1 Å². The molecule has 1 aromatic heterocycles. The predicted molar refractivity (Wildman–Crippen MR) is 146 cm³/mol. The molecule has 5 rings (SSSR count). The number of benzene rings is 3.